The molecule has 0 amide bonds. The van der Waals surface area contributed by atoms with E-state index in [9.17, 15) is 0 Å². The first-order chi connectivity index (χ1) is 10.4. The summed E-state index contributed by atoms with van der Waals surface area (Å²) < 4.78 is 5.69. The number of ether oxygens (including phenoxy) is 1. The van der Waals surface area contributed by atoms with E-state index in [2.05, 4.69) is 21.8 Å². The van der Waals surface area contributed by atoms with Gasteiger partial charge in [0.2, 0.25) is 0 Å². The SMILES string of the molecule is OCCC#Cc1cccc(OCCSc2ccncn2)c1. The Labute approximate surface area is 128 Å². The zero-order valence-electron chi connectivity index (χ0n) is 11.5. The monoisotopic (exact) mass is 300 g/mol. The number of aromatic nitrogens is 2. The number of hydrogen-bond donors (Lipinski definition) is 1. The minimum atomic E-state index is 0.0868. The zero-order valence-corrected chi connectivity index (χ0v) is 12.3. The van der Waals surface area contributed by atoms with E-state index in [1.54, 1.807) is 18.0 Å². The largest absolute Gasteiger partial charge is 0.493 e. The predicted octanol–water partition coefficient (Wildman–Crippen LogP) is 2.38. The Hall–Kier alpha value is -2.03. The van der Waals surface area contributed by atoms with Crippen molar-refractivity contribution in [3.63, 3.8) is 0 Å². The number of thioether (sulfide) groups is 1. The van der Waals surface area contributed by atoms with E-state index in [0.29, 0.717) is 13.0 Å². The average Bonchev–Trinajstić information content (AvgIpc) is 2.53. The maximum atomic E-state index is 8.70. The summed E-state index contributed by atoms with van der Waals surface area (Å²) in [6, 6.07) is 9.52. The van der Waals surface area contributed by atoms with Crippen LogP contribution < -0.4 is 4.74 Å². The van der Waals surface area contributed by atoms with Crippen LogP contribution in [0.3, 0.4) is 0 Å². The Morgan fingerprint density at radius 2 is 2.24 bits per heavy atom. The summed E-state index contributed by atoms with van der Waals surface area (Å²) in [5, 5.41) is 9.64. The van der Waals surface area contributed by atoms with E-state index in [4.69, 9.17) is 9.84 Å². The van der Waals surface area contributed by atoms with Crippen LogP contribution >= 0.6 is 11.8 Å². The van der Waals surface area contributed by atoms with E-state index in [1.165, 1.54) is 6.33 Å². The minimum absolute atomic E-state index is 0.0868. The number of aliphatic hydroxyl groups is 1. The molecule has 0 atom stereocenters. The average molecular weight is 300 g/mol. The lowest BCUT2D eigenvalue weighted by Gasteiger charge is -2.06. The van der Waals surface area contributed by atoms with Crippen molar-refractivity contribution >= 4 is 11.8 Å². The lowest BCUT2D eigenvalue weighted by molar-refractivity contribution is 0.305. The maximum Gasteiger partial charge on any atom is 0.120 e. The van der Waals surface area contributed by atoms with Crippen LogP contribution in [0.2, 0.25) is 0 Å². The van der Waals surface area contributed by atoms with Crippen molar-refractivity contribution in [1.82, 2.24) is 9.97 Å². The summed E-state index contributed by atoms with van der Waals surface area (Å²) in [5.74, 6) is 7.50. The third-order valence-electron chi connectivity index (χ3n) is 2.46. The Balaban J connectivity index is 1.78. The molecule has 21 heavy (non-hydrogen) atoms. The Kier molecular flexibility index (Phi) is 6.59. The molecule has 2 rings (SSSR count). The van der Waals surface area contributed by atoms with Gasteiger partial charge in [0.15, 0.2) is 0 Å². The highest BCUT2D eigenvalue weighted by Crippen LogP contribution is 2.16. The quantitative estimate of drug-likeness (QED) is 0.384. The van der Waals surface area contributed by atoms with Crippen LogP contribution in [0.15, 0.2) is 47.9 Å². The van der Waals surface area contributed by atoms with Gasteiger partial charge in [0.25, 0.3) is 0 Å². The van der Waals surface area contributed by atoms with Gasteiger partial charge in [0, 0.05) is 23.9 Å². The Morgan fingerprint density at radius 3 is 3.05 bits per heavy atom. The molecule has 0 bridgehead atoms. The Morgan fingerprint density at radius 1 is 1.29 bits per heavy atom. The molecule has 0 aliphatic carbocycles. The molecular weight excluding hydrogens is 284 g/mol. The number of aliphatic hydroxyl groups excluding tert-OH is 1. The van der Waals surface area contributed by atoms with Gasteiger partial charge in [-0.2, -0.15) is 0 Å². The fraction of sp³-hybridized carbons (Fsp3) is 0.250. The summed E-state index contributed by atoms with van der Waals surface area (Å²) in [6.07, 6.45) is 3.75. The molecular formula is C16H16N2O2S. The highest BCUT2D eigenvalue weighted by atomic mass is 32.2. The molecule has 1 aromatic carbocycles. The number of nitrogens with zero attached hydrogens (tertiary/aromatic N) is 2. The van der Waals surface area contributed by atoms with Crippen LogP contribution in [0.5, 0.6) is 5.75 Å². The molecule has 0 spiro atoms. The molecule has 0 unspecified atom stereocenters. The molecule has 108 valence electrons. The van der Waals surface area contributed by atoms with Crippen LogP contribution in [0.25, 0.3) is 0 Å². The van der Waals surface area contributed by atoms with Crippen LogP contribution in [-0.4, -0.2) is 34.0 Å². The van der Waals surface area contributed by atoms with Gasteiger partial charge in [-0.15, -0.1) is 11.8 Å². The van der Waals surface area contributed by atoms with E-state index in [-0.39, 0.29) is 6.61 Å². The van der Waals surface area contributed by atoms with E-state index >= 15 is 0 Å². The fourth-order valence-electron chi connectivity index (χ4n) is 1.55. The molecule has 2 aromatic rings. The molecule has 1 heterocycles. The predicted molar refractivity (Wildman–Crippen MR) is 83.3 cm³/mol. The first-order valence-electron chi connectivity index (χ1n) is 6.60. The molecule has 4 nitrogen and oxygen atoms in total. The number of rotatable bonds is 6. The third-order valence-corrected chi connectivity index (χ3v) is 3.37. The Bertz CT molecular complexity index is 608. The second-order valence-corrected chi connectivity index (χ2v) is 5.16. The molecule has 1 aromatic heterocycles. The normalized spacial score (nSPS) is 9.76. The number of benzene rings is 1. The van der Waals surface area contributed by atoms with E-state index in [0.717, 1.165) is 22.1 Å². The van der Waals surface area contributed by atoms with Crippen molar-refractivity contribution in [2.45, 2.75) is 11.4 Å². The van der Waals surface area contributed by atoms with Crippen molar-refractivity contribution in [3.8, 4) is 17.6 Å². The summed E-state index contributed by atoms with van der Waals surface area (Å²) in [7, 11) is 0. The van der Waals surface area contributed by atoms with Crippen LogP contribution in [-0.2, 0) is 0 Å². The zero-order chi connectivity index (χ0) is 14.8. The second-order valence-electron chi connectivity index (χ2n) is 4.05. The second kappa shape index (κ2) is 9.01. The summed E-state index contributed by atoms with van der Waals surface area (Å²) in [4.78, 5) is 8.01. The van der Waals surface area contributed by atoms with Gasteiger partial charge in [-0.05, 0) is 24.3 Å². The van der Waals surface area contributed by atoms with Crippen molar-refractivity contribution < 1.29 is 9.84 Å². The lowest BCUT2D eigenvalue weighted by Crippen LogP contribution is -2.00. The topological polar surface area (TPSA) is 55.2 Å². The van der Waals surface area contributed by atoms with Gasteiger partial charge in [-0.25, -0.2) is 9.97 Å². The van der Waals surface area contributed by atoms with Crippen LogP contribution in [0.4, 0.5) is 0 Å². The maximum absolute atomic E-state index is 8.70. The van der Waals surface area contributed by atoms with Gasteiger partial charge in [0.1, 0.15) is 12.1 Å². The summed E-state index contributed by atoms with van der Waals surface area (Å²) in [5.41, 5.74) is 0.893. The van der Waals surface area contributed by atoms with E-state index in [1.807, 2.05) is 30.3 Å². The van der Waals surface area contributed by atoms with Crippen LogP contribution in [0.1, 0.15) is 12.0 Å². The van der Waals surface area contributed by atoms with Crippen molar-refractivity contribution in [2.24, 2.45) is 0 Å². The molecule has 5 heteroatoms. The van der Waals surface area contributed by atoms with Gasteiger partial charge in [-0.1, -0.05) is 17.9 Å². The van der Waals surface area contributed by atoms with Gasteiger partial charge in [0.05, 0.1) is 18.2 Å². The first kappa shape index (κ1) is 15.4. The van der Waals surface area contributed by atoms with Gasteiger partial charge < -0.3 is 9.84 Å². The minimum Gasteiger partial charge on any atom is -0.493 e. The molecule has 0 saturated heterocycles. The molecule has 0 aliphatic heterocycles. The van der Waals surface area contributed by atoms with Crippen molar-refractivity contribution in [3.05, 3.63) is 48.4 Å². The first-order valence-corrected chi connectivity index (χ1v) is 7.58. The third kappa shape index (κ3) is 5.86. The highest BCUT2D eigenvalue weighted by molar-refractivity contribution is 7.99. The molecule has 1 N–H and O–H groups in total. The highest BCUT2D eigenvalue weighted by Gasteiger charge is 1.97. The summed E-state index contributed by atoms with van der Waals surface area (Å²) >= 11 is 1.63. The number of hydrogen-bond acceptors (Lipinski definition) is 5. The van der Waals surface area contributed by atoms with Gasteiger partial charge >= 0.3 is 0 Å². The molecule has 0 aliphatic rings. The van der Waals surface area contributed by atoms with Crippen molar-refractivity contribution in [2.75, 3.05) is 19.0 Å². The fourth-order valence-corrected chi connectivity index (χ4v) is 2.21. The van der Waals surface area contributed by atoms with Crippen LogP contribution in [0, 0.1) is 11.8 Å². The molecule has 0 fully saturated rings. The standard InChI is InChI=1S/C16H16N2O2S/c19-9-2-1-4-14-5-3-6-15(12-14)20-10-11-21-16-7-8-17-13-18-16/h3,5-8,12-13,19H,2,9-11H2. The summed E-state index contributed by atoms with van der Waals surface area (Å²) in [6.45, 7) is 0.686. The van der Waals surface area contributed by atoms with Gasteiger partial charge in [-0.3, -0.25) is 0 Å². The van der Waals surface area contributed by atoms with E-state index < -0.39 is 0 Å². The lowest BCUT2D eigenvalue weighted by atomic mass is 10.2. The smallest absolute Gasteiger partial charge is 0.120 e. The van der Waals surface area contributed by atoms with Crippen molar-refractivity contribution in [1.29, 1.82) is 0 Å². The molecule has 0 radical (unpaired) electrons. The molecule has 0 saturated carbocycles.